The van der Waals surface area contributed by atoms with Gasteiger partial charge in [0.2, 0.25) is 17.7 Å². The number of para-hydroxylation sites is 1. The first-order valence-electron chi connectivity index (χ1n) is 12.6. The lowest BCUT2D eigenvalue weighted by atomic mass is 9.74. The quantitative estimate of drug-likeness (QED) is 0.403. The minimum absolute atomic E-state index is 0.0208. The highest BCUT2D eigenvalue weighted by Crippen LogP contribution is 2.46. The maximum Gasteiger partial charge on any atom is 0.247 e. The van der Waals surface area contributed by atoms with Crippen LogP contribution in [-0.2, 0) is 14.4 Å². The summed E-state index contributed by atoms with van der Waals surface area (Å²) in [6, 6.07) is 8.86. The second kappa shape index (κ2) is 10.7. The summed E-state index contributed by atoms with van der Waals surface area (Å²) in [7, 11) is 0. The molecule has 1 heterocycles. The van der Waals surface area contributed by atoms with Crippen LogP contribution < -0.4 is 10.8 Å². The summed E-state index contributed by atoms with van der Waals surface area (Å²) < 4.78 is 0. The zero-order valence-corrected chi connectivity index (χ0v) is 19.4. The number of hydrogen-bond donors (Lipinski definition) is 3. The Morgan fingerprint density at radius 2 is 1.70 bits per heavy atom. The summed E-state index contributed by atoms with van der Waals surface area (Å²) >= 11 is 0. The molecule has 7 nitrogen and oxygen atoms in total. The molecule has 2 unspecified atom stereocenters. The van der Waals surface area contributed by atoms with E-state index in [4.69, 9.17) is 0 Å². The van der Waals surface area contributed by atoms with Crippen molar-refractivity contribution in [3.05, 3.63) is 30.3 Å². The van der Waals surface area contributed by atoms with Crippen molar-refractivity contribution >= 4 is 23.4 Å². The van der Waals surface area contributed by atoms with Gasteiger partial charge in [-0.05, 0) is 49.7 Å². The third kappa shape index (κ3) is 5.40. The van der Waals surface area contributed by atoms with Gasteiger partial charge < -0.3 is 10.2 Å². The van der Waals surface area contributed by atoms with Crippen LogP contribution in [0.2, 0.25) is 0 Å². The Bertz CT molecular complexity index is 833. The first-order valence-corrected chi connectivity index (χ1v) is 12.6. The second-order valence-electron chi connectivity index (χ2n) is 10.3. The molecule has 7 heteroatoms. The molecule has 2 atom stereocenters. The average Bonchev–Trinajstić information content (AvgIpc) is 3.45. The van der Waals surface area contributed by atoms with Gasteiger partial charge in [0.05, 0.1) is 5.41 Å². The van der Waals surface area contributed by atoms with Crippen molar-refractivity contribution in [1.29, 1.82) is 0 Å². The monoisotopic (exact) mass is 455 g/mol. The van der Waals surface area contributed by atoms with Gasteiger partial charge >= 0.3 is 0 Å². The van der Waals surface area contributed by atoms with E-state index in [1.54, 1.807) is 10.4 Å². The Balaban J connectivity index is 1.59. The first kappa shape index (κ1) is 23.7. The molecule has 3 aliphatic rings. The van der Waals surface area contributed by atoms with Gasteiger partial charge in [-0.2, -0.15) is 0 Å². The largest absolute Gasteiger partial charge is 0.330 e. The molecule has 0 spiro atoms. The predicted molar refractivity (Wildman–Crippen MR) is 125 cm³/mol. The third-order valence-electron chi connectivity index (χ3n) is 8.07. The van der Waals surface area contributed by atoms with E-state index < -0.39 is 17.4 Å². The average molecular weight is 456 g/mol. The van der Waals surface area contributed by atoms with Gasteiger partial charge in [0.25, 0.3) is 0 Å². The molecule has 1 aliphatic heterocycles. The Morgan fingerprint density at radius 3 is 2.36 bits per heavy atom. The molecule has 4 rings (SSSR count). The highest BCUT2D eigenvalue weighted by molar-refractivity contribution is 5.99. The molecule has 0 radical (unpaired) electrons. The van der Waals surface area contributed by atoms with E-state index in [1.165, 1.54) is 6.42 Å². The maximum absolute atomic E-state index is 14.0. The van der Waals surface area contributed by atoms with E-state index in [0.717, 1.165) is 57.1 Å². The molecule has 0 bridgehead atoms. The van der Waals surface area contributed by atoms with Gasteiger partial charge in [-0.15, -0.1) is 0 Å². The summed E-state index contributed by atoms with van der Waals surface area (Å²) in [5, 5.41) is 12.2. The Kier molecular flexibility index (Phi) is 7.68. The van der Waals surface area contributed by atoms with Crippen molar-refractivity contribution < 1.29 is 19.6 Å². The van der Waals surface area contributed by atoms with E-state index >= 15 is 0 Å². The molecule has 1 aromatic carbocycles. The Hall–Kier alpha value is -2.41. The van der Waals surface area contributed by atoms with Crippen LogP contribution in [0.25, 0.3) is 0 Å². The number of nitrogens with one attached hydrogen (secondary N) is 2. The standard InChI is InChI=1S/C26H37N3O4/c30-22(28-33)18-26(17-19-9-7-8-10-19)15-16-29(25(26)32)23(20-11-3-1-4-12-20)24(31)27-21-13-5-2-6-14-21/h2,5-6,13-14,19-20,23,33H,1,3-4,7-12,15-18H2,(H,27,31)(H,28,30). The number of hydrogen-bond acceptors (Lipinski definition) is 4. The molecule has 0 aromatic heterocycles. The van der Waals surface area contributed by atoms with E-state index in [1.807, 2.05) is 30.3 Å². The number of anilines is 1. The zero-order chi connectivity index (χ0) is 23.3. The summed E-state index contributed by atoms with van der Waals surface area (Å²) in [6.45, 7) is 0.480. The van der Waals surface area contributed by atoms with Crippen LogP contribution in [-0.4, -0.2) is 40.4 Å². The van der Waals surface area contributed by atoms with Gasteiger partial charge in [-0.1, -0.05) is 63.1 Å². The van der Waals surface area contributed by atoms with Gasteiger partial charge in [0.1, 0.15) is 6.04 Å². The van der Waals surface area contributed by atoms with Crippen LogP contribution in [0.15, 0.2) is 30.3 Å². The topological polar surface area (TPSA) is 98.7 Å². The van der Waals surface area contributed by atoms with Crippen molar-refractivity contribution in [3.63, 3.8) is 0 Å². The number of hydroxylamine groups is 1. The zero-order valence-electron chi connectivity index (χ0n) is 19.4. The number of likely N-dealkylation sites (tertiary alicyclic amines) is 1. The van der Waals surface area contributed by atoms with E-state index in [9.17, 15) is 19.6 Å². The van der Waals surface area contributed by atoms with Crippen LogP contribution >= 0.6 is 0 Å². The lowest BCUT2D eigenvalue weighted by molar-refractivity contribution is -0.147. The van der Waals surface area contributed by atoms with Gasteiger partial charge in [-0.3, -0.25) is 19.6 Å². The van der Waals surface area contributed by atoms with Crippen LogP contribution in [0.3, 0.4) is 0 Å². The smallest absolute Gasteiger partial charge is 0.247 e. The molecule has 2 aliphatic carbocycles. The van der Waals surface area contributed by atoms with Crippen molar-refractivity contribution in [2.24, 2.45) is 17.3 Å². The lowest BCUT2D eigenvalue weighted by Gasteiger charge is -2.37. The van der Waals surface area contributed by atoms with Crippen LogP contribution in [0.1, 0.15) is 77.0 Å². The van der Waals surface area contributed by atoms with E-state index in [-0.39, 0.29) is 24.2 Å². The Morgan fingerprint density at radius 1 is 1.03 bits per heavy atom. The van der Waals surface area contributed by atoms with Crippen molar-refractivity contribution in [2.75, 3.05) is 11.9 Å². The molecular weight excluding hydrogens is 418 g/mol. The number of carbonyl (C=O) groups excluding carboxylic acids is 3. The third-order valence-corrected chi connectivity index (χ3v) is 8.07. The van der Waals surface area contributed by atoms with Crippen LogP contribution in [0, 0.1) is 17.3 Å². The number of benzene rings is 1. The SMILES string of the molecule is O=C(CC1(CC2CCCC2)CCN(C(C(=O)Nc2ccccc2)C2CCCCC2)C1=O)NO. The summed E-state index contributed by atoms with van der Waals surface area (Å²) in [4.78, 5) is 41.6. The minimum atomic E-state index is -0.832. The summed E-state index contributed by atoms with van der Waals surface area (Å²) in [5.74, 6) is -0.195. The molecule has 3 N–H and O–H groups in total. The maximum atomic E-state index is 14.0. The van der Waals surface area contributed by atoms with Crippen molar-refractivity contribution in [3.8, 4) is 0 Å². The number of amides is 3. The normalized spacial score (nSPS) is 25.2. The van der Waals surface area contributed by atoms with Crippen molar-refractivity contribution in [2.45, 2.75) is 83.1 Å². The van der Waals surface area contributed by atoms with Gasteiger partial charge in [-0.25, -0.2) is 5.48 Å². The molecule has 33 heavy (non-hydrogen) atoms. The van der Waals surface area contributed by atoms with Gasteiger partial charge in [0, 0.05) is 18.7 Å². The number of nitrogens with zero attached hydrogens (tertiary/aromatic N) is 1. The summed E-state index contributed by atoms with van der Waals surface area (Å²) in [6.07, 6.45) is 10.9. The second-order valence-corrected chi connectivity index (χ2v) is 10.3. The summed E-state index contributed by atoms with van der Waals surface area (Å²) in [5.41, 5.74) is 1.63. The van der Waals surface area contributed by atoms with Gasteiger partial charge in [0.15, 0.2) is 0 Å². The highest BCUT2D eigenvalue weighted by atomic mass is 16.5. The van der Waals surface area contributed by atoms with Crippen LogP contribution in [0.5, 0.6) is 0 Å². The molecule has 1 saturated heterocycles. The lowest BCUT2D eigenvalue weighted by Crippen LogP contribution is -2.52. The molecule has 3 fully saturated rings. The van der Waals surface area contributed by atoms with E-state index in [2.05, 4.69) is 5.32 Å². The fourth-order valence-corrected chi connectivity index (χ4v) is 6.45. The molecule has 180 valence electrons. The predicted octanol–water partition coefficient (Wildman–Crippen LogP) is 4.27. The van der Waals surface area contributed by atoms with Crippen LogP contribution in [0.4, 0.5) is 5.69 Å². The minimum Gasteiger partial charge on any atom is -0.330 e. The fourth-order valence-electron chi connectivity index (χ4n) is 6.45. The van der Waals surface area contributed by atoms with E-state index in [0.29, 0.717) is 25.3 Å². The Labute approximate surface area is 196 Å². The highest BCUT2D eigenvalue weighted by Gasteiger charge is 2.53. The first-order chi connectivity index (χ1) is 16.0. The van der Waals surface area contributed by atoms with Crippen molar-refractivity contribution in [1.82, 2.24) is 10.4 Å². The number of rotatable bonds is 8. The molecule has 1 aromatic rings. The molecule has 2 saturated carbocycles. The molecular formula is C26H37N3O4. The number of carbonyl (C=O) groups is 3. The molecule has 3 amide bonds. The fraction of sp³-hybridized carbons (Fsp3) is 0.654.